The maximum absolute atomic E-state index is 13.1. The fourth-order valence-corrected chi connectivity index (χ4v) is 5.45. The number of carbonyl (C=O) groups excluding carboxylic acids is 6. The van der Waals surface area contributed by atoms with Gasteiger partial charge in [0.1, 0.15) is 51.7 Å². The lowest BCUT2D eigenvalue weighted by Gasteiger charge is -2.21. The van der Waals surface area contributed by atoms with Gasteiger partial charge in [-0.25, -0.2) is 19.2 Å². The van der Waals surface area contributed by atoms with Crippen molar-refractivity contribution < 1.29 is 80.9 Å². The molecule has 19 heteroatoms. The number of hydrogen-bond donors (Lipinski definition) is 2. The summed E-state index contributed by atoms with van der Waals surface area (Å²) < 4.78 is 60.9. The molecule has 0 fully saturated rings. The molecule has 0 saturated heterocycles. The van der Waals surface area contributed by atoms with Gasteiger partial charge in [-0.1, -0.05) is 37.5 Å². The van der Waals surface area contributed by atoms with Crippen LogP contribution in [0, 0.1) is 49.4 Å². The fourth-order valence-electron chi connectivity index (χ4n) is 5.45. The highest BCUT2D eigenvalue weighted by Gasteiger charge is 2.26. The van der Waals surface area contributed by atoms with E-state index in [4.69, 9.17) is 77.8 Å². The van der Waals surface area contributed by atoms with Gasteiger partial charge in [-0.15, -0.1) is 25.7 Å². The maximum Gasteiger partial charge on any atom is 0.338 e. The number of esters is 4. The monoisotopic (exact) mass is 960 g/mol. The summed E-state index contributed by atoms with van der Waals surface area (Å²) in [7, 11) is 0. The Hall–Kier alpha value is -7.42. The van der Waals surface area contributed by atoms with E-state index in [1.165, 1.54) is 50.2 Å². The summed E-state index contributed by atoms with van der Waals surface area (Å²) >= 11 is 0. The smallest absolute Gasteiger partial charge is 0.338 e. The first-order valence-electron chi connectivity index (χ1n) is 21.9. The second-order valence-electron chi connectivity index (χ2n) is 14.4. The van der Waals surface area contributed by atoms with Crippen LogP contribution < -0.4 is 29.6 Å². The van der Waals surface area contributed by atoms with Crippen molar-refractivity contribution in [2.75, 3.05) is 79.3 Å². The number of carbonyl (C=O) groups is 6. The number of hydrogen-bond acceptors (Lipinski definition) is 17. The molecule has 0 aliphatic rings. The SMILES string of the molecule is C#CCOc1ccc(C(=O)OCC(COCCOCCOCC(COC(=O)c2ccc(OCC#C)c(OCC#C)c2)OC(=O)C(C)NC(=O)CCC)OC(=O)C(C)NC(=O)CCC)cc1OCC#C. The minimum absolute atomic E-state index is 0.00408. The van der Waals surface area contributed by atoms with Crippen LogP contribution in [-0.2, 0) is 52.3 Å². The zero-order valence-corrected chi connectivity index (χ0v) is 39.3. The summed E-state index contributed by atoms with van der Waals surface area (Å²) in [5.74, 6) is 6.33. The van der Waals surface area contributed by atoms with Crippen molar-refractivity contribution in [1.82, 2.24) is 10.6 Å². The zero-order chi connectivity index (χ0) is 50.8. The van der Waals surface area contributed by atoms with Gasteiger partial charge in [0.2, 0.25) is 11.8 Å². The molecule has 2 rings (SSSR count). The van der Waals surface area contributed by atoms with Crippen LogP contribution in [0.15, 0.2) is 36.4 Å². The number of amides is 2. The minimum Gasteiger partial charge on any atom is -0.477 e. The van der Waals surface area contributed by atoms with Crippen molar-refractivity contribution in [3.05, 3.63) is 47.5 Å². The van der Waals surface area contributed by atoms with Gasteiger partial charge >= 0.3 is 23.9 Å². The summed E-state index contributed by atoms with van der Waals surface area (Å²) in [4.78, 5) is 76.2. The number of terminal acetylenes is 4. The third-order valence-corrected chi connectivity index (χ3v) is 8.74. The van der Waals surface area contributed by atoms with Crippen molar-refractivity contribution >= 4 is 35.7 Å². The highest BCUT2D eigenvalue weighted by Crippen LogP contribution is 2.30. The normalized spacial score (nSPS) is 12.1. The van der Waals surface area contributed by atoms with Crippen LogP contribution in [-0.4, -0.2) is 139 Å². The van der Waals surface area contributed by atoms with E-state index in [1.807, 2.05) is 13.8 Å². The minimum atomic E-state index is -1.10. The van der Waals surface area contributed by atoms with Crippen LogP contribution in [0.25, 0.3) is 0 Å². The average molecular weight is 961 g/mol. The lowest BCUT2D eigenvalue weighted by atomic mass is 10.2. The topological polar surface area (TPSA) is 228 Å². The molecule has 0 aliphatic heterocycles. The lowest BCUT2D eigenvalue weighted by Crippen LogP contribution is -2.42. The second-order valence-corrected chi connectivity index (χ2v) is 14.4. The van der Waals surface area contributed by atoms with Crippen LogP contribution >= 0.6 is 0 Å². The van der Waals surface area contributed by atoms with E-state index in [0.29, 0.717) is 12.8 Å². The molecule has 2 N–H and O–H groups in total. The van der Waals surface area contributed by atoms with Crippen LogP contribution in [0.2, 0.25) is 0 Å². The molecule has 2 aromatic rings. The van der Waals surface area contributed by atoms with E-state index in [9.17, 15) is 28.8 Å². The van der Waals surface area contributed by atoms with Crippen molar-refractivity contribution in [1.29, 1.82) is 0 Å². The van der Waals surface area contributed by atoms with E-state index in [-0.39, 0.29) is 125 Å². The Bertz CT molecular complexity index is 2000. The number of nitrogens with one attached hydrogen (secondary N) is 2. The van der Waals surface area contributed by atoms with Crippen molar-refractivity contribution in [3.63, 3.8) is 0 Å². The molecule has 2 amide bonds. The second kappa shape index (κ2) is 34.0. The Balaban J connectivity index is 2.01. The van der Waals surface area contributed by atoms with Gasteiger partial charge in [-0.3, -0.25) is 9.59 Å². The standard InChI is InChI=1S/C50H60N2O17/c1-9-15-45(53)51-35(7)47(55)68-39(33-66-49(57)37-17-19-41(62-21-11-3)43(29-37)64-23-13-5)31-60-27-25-59-26-28-61-32-40(69-48(56)36(8)52-46(54)16-10-2)34-67-50(58)38-18-20-42(63-22-12-4)44(30-38)65-24-14-6/h3-6,17-20,29-30,35-36,39-40H,9-10,15-16,21-28,31-34H2,1-2,7-8H3,(H,51,53)(H,52,54). The van der Waals surface area contributed by atoms with Gasteiger partial charge in [-0.2, -0.15) is 0 Å². The van der Waals surface area contributed by atoms with Crippen LogP contribution in [0.1, 0.15) is 74.1 Å². The van der Waals surface area contributed by atoms with Crippen molar-refractivity contribution in [2.45, 2.75) is 77.7 Å². The fraction of sp³-hybridized carbons (Fsp3) is 0.480. The van der Waals surface area contributed by atoms with Gasteiger partial charge in [-0.05, 0) is 63.1 Å². The molecular weight excluding hydrogens is 901 g/mol. The lowest BCUT2D eigenvalue weighted by molar-refractivity contribution is -0.158. The first-order valence-corrected chi connectivity index (χ1v) is 21.9. The molecule has 19 nitrogen and oxygen atoms in total. The molecule has 0 heterocycles. The number of rotatable bonds is 34. The van der Waals surface area contributed by atoms with Crippen LogP contribution in [0.5, 0.6) is 23.0 Å². The molecular formula is C50H60N2O17. The first kappa shape index (κ1) is 57.7. The molecule has 372 valence electrons. The number of ether oxygens (including phenoxy) is 11. The summed E-state index contributed by atoms with van der Waals surface area (Å²) in [6.45, 7) is 5.02. The van der Waals surface area contributed by atoms with E-state index in [2.05, 4.69) is 34.3 Å². The molecule has 69 heavy (non-hydrogen) atoms. The van der Waals surface area contributed by atoms with E-state index < -0.39 is 61.4 Å². The Morgan fingerprint density at radius 2 is 0.855 bits per heavy atom. The molecule has 0 bridgehead atoms. The van der Waals surface area contributed by atoms with Crippen molar-refractivity contribution in [2.24, 2.45) is 0 Å². The molecule has 4 unspecified atom stereocenters. The highest BCUT2D eigenvalue weighted by atomic mass is 16.6. The summed E-state index contributed by atoms with van der Waals surface area (Å²) in [6, 6.07) is 6.50. The largest absolute Gasteiger partial charge is 0.477 e. The Labute approximate surface area is 403 Å². The molecule has 0 radical (unpaired) electrons. The Kier molecular flexibility index (Phi) is 28.4. The first-order chi connectivity index (χ1) is 33.3. The number of benzene rings is 2. The predicted molar refractivity (Wildman–Crippen MR) is 248 cm³/mol. The predicted octanol–water partition coefficient (Wildman–Crippen LogP) is 3.23. The van der Waals surface area contributed by atoms with Crippen molar-refractivity contribution in [3.8, 4) is 72.4 Å². The van der Waals surface area contributed by atoms with Gasteiger partial charge in [0.25, 0.3) is 0 Å². The third kappa shape index (κ3) is 23.2. The summed E-state index contributed by atoms with van der Waals surface area (Å²) in [5.41, 5.74) is 0.146. The molecule has 0 aliphatic carbocycles. The van der Waals surface area contributed by atoms with E-state index in [0.717, 1.165) is 0 Å². The quantitative estimate of drug-likeness (QED) is 0.0444. The van der Waals surface area contributed by atoms with Gasteiger partial charge < -0.3 is 62.7 Å². The molecule has 4 atom stereocenters. The van der Waals surface area contributed by atoms with Gasteiger partial charge in [0, 0.05) is 12.8 Å². The molecule has 0 saturated carbocycles. The van der Waals surface area contributed by atoms with Gasteiger partial charge in [0.05, 0.1) is 50.8 Å². The van der Waals surface area contributed by atoms with E-state index >= 15 is 0 Å². The summed E-state index contributed by atoms with van der Waals surface area (Å²) in [6.07, 6.45) is 20.6. The molecule has 2 aromatic carbocycles. The summed E-state index contributed by atoms with van der Waals surface area (Å²) in [5, 5.41) is 5.12. The van der Waals surface area contributed by atoms with E-state index in [1.54, 1.807) is 0 Å². The van der Waals surface area contributed by atoms with Crippen LogP contribution in [0.3, 0.4) is 0 Å². The van der Waals surface area contributed by atoms with Gasteiger partial charge in [0.15, 0.2) is 35.2 Å². The maximum atomic E-state index is 13.1. The molecule has 0 spiro atoms. The Morgan fingerprint density at radius 1 is 0.507 bits per heavy atom. The third-order valence-electron chi connectivity index (χ3n) is 8.74. The zero-order valence-electron chi connectivity index (χ0n) is 39.3. The highest BCUT2D eigenvalue weighted by molar-refractivity contribution is 5.91. The Morgan fingerprint density at radius 3 is 1.20 bits per heavy atom. The average Bonchev–Trinajstić information content (AvgIpc) is 3.33. The molecule has 0 aromatic heterocycles. The van der Waals surface area contributed by atoms with Crippen LogP contribution in [0.4, 0.5) is 0 Å².